The number of hydrogen-bond acceptors (Lipinski definition) is 6. The van der Waals surface area contributed by atoms with E-state index in [2.05, 4.69) is 30.1 Å². The van der Waals surface area contributed by atoms with Crippen LogP contribution < -0.4 is 0 Å². The van der Waals surface area contributed by atoms with Crippen LogP contribution in [0.3, 0.4) is 0 Å². The molecule has 30 heavy (non-hydrogen) atoms. The number of fused-ring (bicyclic) bond motifs is 2. The fourth-order valence-electron chi connectivity index (χ4n) is 3.63. The molecule has 144 valence electrons. The van der Waals surface area contributed by atoms with Gasteiger partial charge in [-0.1, -0.05) is 0 Å². The Morgan fingerprint density at radius 1 is 0.967 bits per heavy atom. The van der Waals surface area contributed by atoms with Gasteiger partial charge in [0.15, 0.2) is 5.82 Å². The minimum Gasteiger partial charge on any atom is -0.472 e. The van der Waals surface area contributed by atoms with Crippen molar-refractivity contribution in [3.8, 4) is 34.0 Å². The van der Waals surface area contributed by atoms with Gasteiger partial charge >= 0.3 is 0 Å². The van der Waals surface area contributed by atoms with E-state index in [9.17, 15) is 0 Å². The molecule has 0 atom stereocenters. The van der Waals surface area contributed by atoms with Gasteiger partial charge in [-0.2, -0.15) is 5.10 Å². The number of nitrogens with zero attached hydrogens (tertiary/aromatic N) is 5. The molecule has 0 unspecified atom stereocenters. The van der Waals surface area contributed by atoms with Crippen LogP contribution >= 0.6 is 0 Å². The second-order valence-electron chi connectivity index (χ2n) is 7.03. The number of aromatic nitrogens is 7. The highest BCUT2D eigenvalue weighted by molar-refractivity contribution is 5.96. The molecule has 0 spiro atoms. The first-order valence-corrected chi connectivity index (χ1v) is 9.41. The highest BCUT2D eigenvalue weighted by Gasteiger charge is 2.17. The molecule has 0 saturated carbocycles. The van der Waals surface area contributed by atoms with Crippen LogP contribution in [-0.4, -0.2) is 35.1 Å². The number of pyridine rings is 3. The van der Waals surface area contributed by atoms with Crippen LogP contribution in [0.4, 0.5) is 0 Å². The van der Waals surface area contributed by atoms with Gasteiger partial charge in [-0.3, -0.25) is 20.1 Å². The fraction of sp³-hybridized carbons (Fsp3) is 0.0455. The zero-order chi connectivity index (χ0) is 20.1. The van der Waals surface area contributed by atoms with E-state index in [0.717, 1.165) is 55.7 Å². The van der Waals surface area contributed by atoms with Crippen molar-refractivity contribution in [3.63, 3.8) is 0 Å². The van der Waals surface area contributed by atoms with E-state index in [1.54, 1.807) is 31.1 Å². The first-order valence-electron chi connectivity index (χ1n) is 9.41. The van der Waals surface area contributed by atoms with E-state index >= 15 is 0 Å². The minimum atomic E-state index is 0.661. The van der Waals surface area contributed by atoms with Gasteiger partial charge in [-0.25, -0.2) is 4.98 Å². The van der Waals surface area contributed by atoms with Gasteiger partial charge < -0.3 is 9.40 Å². The lowest BCUT2D eigenvalue weighted by molar-refractivity contribution is 0.568. The number of imidazole rings is 1. The molecule has 0 bridgehead atoms. The zero-order valence-electron chi connectivity index (χ0n) is 15.9. The van der Waals surface area contributed by atoms with Crippen LogP contribution in [0.15, 0.2) is 66.0 Å². The maximum atomic E-state index is 5.21. The van der Waals surface area contributed by atoms with Gasteiger partial charge in [0, 0.05) is 35.1 Å². The van der Waals surface area contributed by atoms with Crippen molar-refractivity contribution >= 4 is 21.9 Å². The Kier molecular flexibility index (Phi) is 3.51. The summed E-state index contributed by atoms with van der Waals surface area (Å²) in [6.45, 7) is 2.04. The van der Waals surface area contributed by atoms with Crippen molar-refractivity contribution in [1.82, 2.24) is 35.1 Å². The maximum Gasteiger partial charge on any atom is 0.159 e. The predicted octanol–water partition coefficient (Wildman–Crippen LogP) is 4.53. The smallest absolute Gasteiger partial charge is 0.159 e. The first kappa shape index (κ1) is 16.6. The van der Waals surface area contributed by atoms with Gasteiger partial charge in [-0.05, 0) is 36.8 Å². The lowest BCUT2D eigenvalue weighted by Crippen LogP contribution is -1.89. The van der Waals surface area contributed by atoms with E-state index in [4.69, 9.17) is 9.40 Å². The molecule has 8 nitrogen and oxygen atoms in total. The Balaban J connectivity index is 1.53. The van der Waals surface area contributed by atoms with Crippen molar-refractivity contribution in [3.05, 3.63) is 67.1 Å². The zero-order valence-corrected chi connectivity index (χ0v) is 15.9. The van der Waals surface area contributed by atoms with Crippen LogP contribution in [0.5, 0.6) is 0 Å². The van der Waals surface area contributed by atoms with Crippen LogP contribution in [-0.2, 0) is 0 Å². The molecule has 0 amide bonds. The molecule has 0 aliphatic rings. The number of rotatable bonds is 3. The summed E-state index contributed by atoms with van der Waals surface area (Å²) >= 11 is 0. The van der Waals surface area contributed by atoms with Crippen LogP contribution in [0.1, 0.15) is 5.56 Å². The Hall–Kier alpha value is -4.33. The summed E-state index contributed by atoms with van der Waals surface area (Å²) in [5.74, 6) is 0.661. The average molecular weight is 393 g/mol. The predicted molar refractivity (Wildman–Crippen MR) is 112 cm³/mol. The number of hydrogen-bond donors (Lipinski definition) is 2. The van der Waals surface area contributed by atoms with Crippen LogP contribution in [0.2, 0.25) is 0 Å². The highest BCUT2D eigenvalue weighted by atomic mass is 16.3. The Morgan fingerprint density at radius 2 is 1.93 bits per heavy atom. The molecule has 6 aromatic heterocycles. The molecular formula is C22H15N7O. The normalized spacial score (nSPS) is 11.5. The molecule has 6 aromatic rings. The molecule has 0 aliphatic heterocycles. The molecule has 0 fully saturated rings. The van der Waals surface area contributed by atoms with Crippen molar-refractivity contribution in [2.45, 2.75) is 6.92 Å². The SMILES string of the molecule is Cc1ccncc1-c1cc2c(-c3nc4c(-c5ccoc5)nccc4[nH]3)n[nH]c2cn1. The lowest BCUT2D eigenvalue weighted by atomic mass is 10.1. The van der Waals surface area contributed by atoms with Gasteiger partial charge in [-0.15, -0.1) is 0 Å². The van der Waals surface area contributed by atoms with Crippen molar-refractivity contribution < 1.29 is 4.42 Å². The van der Waals surface area contributed by atoms with Crippen molar-refractivity contribution in [2.75, 3.05) is 0 Å². The van der Waals surface area contributed by atoms with Gasteiger partial charge in [0.25, 0.3) is 0 Å². The maximum absolute atomic E-state index is 5.21. The largest absolute Gasteiger partial charge is 0.472 e. The highest BCUT2D eigenvalue weighted by Crippen LogP contribution is 2.32. The summed E-state index contributed by atoms with van der Waals surface area (Å²) in [6.07, 6.45) is 10.4. The minimum absolute atomic E-state index is 0.661. The second-order valence-corrected chi connectivity index (χ2v) is 7.03. The van der Waals surface area contributed by atoms with Gasteiger partial charge in [0.2, 0.25) is 0 Å². The van der Waals surface area contributed by atoms with Crippen LogP contribution in [0.25, 0.3) is 56.0 Å². The second kappa shape index (κ2) is 6.35. The molecule has 6 rings (SSSR count). The number of furan rings is 1. The summed E-state index contributed by atoms with van der Waals surface area (Å²) in [4.78, 5) is 21.5. The molecule has 0 saturated heterocycles. The van der Waals surface area contributed by atoms with E-state index < -0.39 is 0 Å². The molecule has 6 heterocycles. The third-order valence-electron chi connectivity index (χ3n) is 5.18. The lowest BCUT2D eigenvalue weighted by Gasteiger charge is -2.04. The van der Waals surface area contributed by atoms with E-state index in [0.29, 0.717) is 5.82 Å². The van der Waals surface area contributed by atoms with E-state index in [1.807, 2.05) is 37.4 Å². The summed E-state index contributed by atoms with van der Waals surface area (Å²) < 4.78 is 5.21. The molecule has 0 radical (unpaired) electrons. The Bertz CT molecular complexity index is 1510. The number of aromatic amines is 2. The van der Waals surface area contributed by atoms with Gasteiger partial charge in [0.05, 0.1) is 35.5 Å². The third kappa shape index (κ3) is 2.51. The fourth-order valence-corrected chi connectivity index (χ4v) is 3.63. The topological polar surface area (TPSA) is 109 Å². The quantitative estimate of drug-likeness (QED) is 0.457. The number of H-pyrrole nitrogens is 2. The Labute approximate surface area is 170 Å². The third-order valence-corrected chi connectivity index (χ3v) is 5.18. The van der Waals surface area contributed by atoms with Crippen LogP contribution in [0, 0.1) is 6.92 Å². The molecule has 2 N–H and O–H groups in total. The first-order chi connectivity index (χ1) is 14.8. The van der Waals surface area contributed by atoms with E-state index in [1.165, 1.54) is 0 Å². The summed E-state index contributed by atoms with van der Waals surface area (Å²) in [5.41, 5.74) is 7.79. The standard InChI is InChI=1S/C22H15N7O/c1-12-2-5-23-9-15(12)17-8-14-18(10-25-17)28-29-20(14)22-26-16-3-6-24-19(21(16)27-22)13-4-7-30-11-13/h2-11H,1H3,(H,26,27)(H,28,29). The average Bonchev–Trinajstić information content (AvgIpc) is 3.51. The van der Waals surface area contributed by atoms with Crippen molar-refractivity contribution in [1.29, 1.82) is 0 Å². The van der Waals surface area contributed by atoms with Gasteiger partial charge in [0.1, 0.15) is 16.9 Å². The monoisotopic (exact) mass is 393 g/mol. The summed E-state index contributed by atoms with van der Waals surface area (Å²) in [7, 11) is 0. The molecule has 0 aliphatic carbocycles. The molecular weight excluding hydrogens is 378 g/mol. The van der Waals surface area contributed by atoms with E-state index in [-0.39, 0.29) is 0 Å². The summed E-state index contributed by atoms with van der Waals surface area (Å²) in [5, 5.41) is 8.48. The molecule has 0 aromatic carbocycles. The summed E-state index contributed by atoms with van der Waals surface area (Å²) in [6, 6.07) is 7.76. The number of nitrogens with one attached hydrogen (secondary N) is 2. The number of aryl methyl sites for hydroxylation is 1. The Morgan fingerprint density at radius 3 is 2.80 bits per heavy atom. The van der Waals surface area contributed by atoms with Crippen molar-refractivity contribution in [2.24, 2.45) is 0 Å². The molecule has 8 heteroatoms.